The Morgan fingerprint density at radius 3 is 2.32 bits per heavy atom. The van der Waals surface area contributed by atoms with Gasteiger partial charge < -0.3 is 9.84 Å². The Bertz CT molecular complexity index is 1040. The quantitative estimate of drug-likeness (QED) is 0.652. The van der Waals surface area contributed by atoms with Crippen molar-refractivity contribution in [2.24, 2.45) is 0 Å². The summed E-state index contributed by atoms with van der Waals surface area (Å²) < 4.78 is 30.7. The molecule has 1 heterocycles. The molecule has 0 aliphatic heterocycles. The number of benzene rings is 2. The minimum atomic E-state index is -3.66. The van der Waals surface area contributed by atoms with Crippen LogP contribution in [0.4, 0.5) is 5.69 Å². The highest BCUT2D eigenvalue weighted by Crippen LogP contribution is 2.20. The van der Waals surface area contributed by atoms with E-state index in [0.717, 1.165) is 16.1 Å². The van der Waals surface area contributed by atoms with Crippen molar-refractivity contribution in [3.8, 4) is 11.4 Å². The fraction of sp³-hybridized carbons (Fsp3) is 0.211. The molecule has 9 heteroatoms. The van der Waals surface area contributed by atoms with E-state index in [1.165, 1.54) is 6.92 Å². The Kier molecular flexibility index (Phi) is 5.74. The van der Waals surface area contributed by atoms with Crippen molar-refractivity contribution < 1.29 is 17.7 Å². The van der Waals surface area contributed by atoms with Gasteiger partial charge in [0.25, 0.3) is 0 Å². The first kappa shape index (κ1) is 19.6. The number of anilines is 1. The van der Waals surface area contributed by atoms with Gasteiger partial charge in [-0.3, -0.25) is 9.10 Å². The van der Waals surface area contributed by atoms with E-state index in [4.69, 9.17) is 4.52 Å². The van der Waals surface area contributed by atoms with E-state index in [1.807, 2.05) is 30.3 Å². The van der Waals surface area contributed by atoms with Gasteiger partial charge >= 0.3 is 0 Å². The maximum absolute atomic E-state index is 12.5. The van der Waals surface area contributed by atoms with E-state index in [1.54, 1.807) is 30.3 Å². The van der Waals surface area contributed by atoms with Gasteiger partial charge in [-0.2, -0.15) is 4.98 Å². The molecule has 0 unspecified atom stereocenters. The average Bonchev–Trinajstić information content (AvgIpc) is 3.15. The van der Waals surface area contributed by atoms with Crippen LogP contribution in [0.15, 0.2) is 65.2 Å². The third kappa shape index (κ3) is 4.55. The van der Waals surface area contributed by atoms with Crippen LogP contribution in [0.3, 0.4) is 0 Å². The summed E-state index contributed by atoms with van der Waals surface area (Å²) in [5.74, 6) is 0.165. The number of hydrogen-bond donors (Lipinski definition) is 1. The molecular formula is C19H20N4O4S. The number of para-hydroxylation sites is 1. The Hall–Kier alpha value is -3.20. The molecular weight excluding hydrogens is 380 g/mol. The lowest BCUT2D eigenvalue weighted by Gasteiger charge is -2.28. The van der Waals surface area contributed by atoms with Crippen molar-refractivity contribution in [3.05, 3.63) is 66.6 Å². The zero-order valence-electron chi connectivity index (χ0n) is 15.4. The van der Waals surface area contributed by atoms with Crippen LogP contribution >= 0.6 is 0 Å². The molecule has 0 radical (unpaired) electrons. The van der Waals surface area contributed by atoms with Crippen molar-refractivity contribution >= 4 is 21.6 Å². The third-order valence-electron chi connectivity index (χ3n) is 4.01. The molecule has 1 aromatic heterocycles. The van der Waals surface area contributed by atoms with Crippen LogP contribution in [-0.2, 0) is 21.4 Å². The summed E-state index contributed by atoms with van der Waals surface area (Å²) in [6, 6.07) is 16.8. The van der Waals surface area contributed by atoms with Gasteiger partial charge in [0.2, 0.25) is 27.6 Å². The van der Waals surface area contributed by atoms with Crippen molar-refractivity contribution in [2.45, 2.75) is 19.5 Å². The number of amides is 1. The summed E-state index contributed by atoms with van der Waals surface area (Å²) in [5, 5.41) is 6.53. The molecule has 146 valence electrons. The second kappa shape index (κ2) is 8.22. The normalized spacial score (nSPS) is 12.4. The molecule has 28 heavy (non-hydrogen) atoms. The minimum absolute atomic E-state index is 0.00456. The number of sulfonamides is 1. The van der Waals surface area contributed by atoms with E-state index in [0.29, 0.717) is 11.5 Å². The van der Waals surface area contributed by atoms with Gasteiger partial charge in [-0.15, -0.1) is 0 Å². The number of hydrogen-bond acceptors (Lipinski definition) is 6. The highest BCUT2D eigenvalue weighted by atomic mass is 32.2. The molecule has 8 nitrogen and oxygen atoms in total. The van der Waals surface area contributed by atoms with Gasteiger partial charge in [-0.1, -0.05) is 53.7 Å². The molecule has 0 aliphatic rings. The number of nitrogens with zero attached hydrogens (tertiary/aromatic N) is 3. The maximum atomic E-state index is 12.5. The first-order valence-electron chi connectivity index (χ1n) is 8.56. The molecule has 0 bridgehead atoms. The smallest absolute Gasteiger partial charge is 0.246 e. The van der Waals surface area contributed by atoms with E-state index >= 15 is 0 Å². The summed E-state index contributed by atoms with van der Waals surface area (Å²) in [6.07, 6.45) is 1.06. The van der Waals surface area contributed by atoms with Crippen molar-refractivity contribution in [1.29, 1.82) is 0 Å². The first-order valence-corrected chi connectivity index (χ1v) is 10.4. The molecule has 3 rings (SSSR count). The van der Waals surface area contributed by atoms with Crippen LogP contribution in [0.5, 0.6) is 0 Å². The van der Waals surface area contributed by atoms with Crippen LogP contribution in [0.25, 0.3) is 11.4 Å². The summed E-state index contributed by atoms with van der Waals surface area (Å²) in [5.41, 5.74) is 1.21. The fourth-order valence-electron chi connectivity index (χ4n) is 2.73. The number of rotatable bonds is 7. The molecule has 3 aromatic rings. The molecule has 0 saturated carbocycles. The molecule has 0 saturated heterocycles. The number of carbonyl (C=O) groups excluding carboxylic acids is 1. The van der Waals surface area contributed by atoms with Crippen molar-refractivity contribution in [2.75, 3.05) is 10.6 Å². The van der Waals surface area contributed by atoms with E-state index < -0.39 is 22.0 Å². The lowest BCUT2D eigenvalue weighted by atomic mass is 10.2. The molecule has 1 atom stereocenters. The number of nitrogens with one attached hydrogen (secondary N) is 1. The molecule has 1 amide bonds. The Balaban J connectivity index is 1.69. The number of carbonyl (C=O) groups is 1. The van der Waals surface area contributed by atoms with Crippen LogP contribution in [0.1, 0.15) is 12.8 Å². The predicted molar refractivity (Wildman–Crippen MR) is 105 cm³/mol. The Morgan fingerprint density at radius 2 is 1.71 bits per heavy atom. The lowest BCUT2D eigenvalue weighted by Crippen LogP contribution is -2.47. The molecule has 0 aliphatic carbocycles. The SMILES string of the molecule is C[C@@H](C(=O)NCc1nc(-c2ccccc2)no1)N(c1ccccc1)S(C)(=O)=O. The average molecular weight is 400 g/mol. The largest absolute Gasteiger partial charge is 0.345 e. The molecule has 2 aromatic carbocycles. The van der Waals surface area contributed by atoms with Crippen LogP contribution < -0.4 is 9.62 Å². The summed E-state index contributed by atoms with van der Waals surface area (Å²) in [7, 11) is -3.66. The van der Waals surface area contributed by atoms with Crippen LogP contribution in [-0.4, -0.2) is 36.8 Å². The zero-order chi connectivity index (χ0) is 20.1. The van der Waals surface area contributed by atoms with Crippen molar-refractivity contribution in [1.82, 2.24) is 15.5 Å². The second-order valence-corrected chi connectivity index (χ2v) is 8.03. The van der Waals surface area contributed by atoms with Crippen LogP contribution in [0, 0.1) is 0 Å². The predicted octanol–water partition coefficient (Wildman–Crippen LogP) is 2.21. The Morgan fingerprint density at radius 1 is 1.11 bits per heavy atom. The van der Waals surface area contributed by atoms with Gasteiger partial charge in [0, 0.05) is 5.56 Å². The zero-order valence-corrected chi connectivity index (χ0v) is 16.3. The third-order valence-corrected chi connectivity index (χ3v) is 5.25. The van der Waals surface area contributed by atoms with Gasteiger partial charge in [0.05, 0.1) is 18.5 Å². The molecule has 0 fully saturated rings. The summed E-state index contributed by atoms with van der Waals surface area (Å²) >= 11 is 0. The van der Waals surface area contributed by atoms with E-state index in [9.17, 15) is 13.2 Å². The first-order chi connectivity index (χ1) is 13.4. The van der Waals surface area contributed by atoms with Gasteiger partial charge in [0.15, 0.2) is 0 Å². The second-order valence-electron chi connectivity index (χ2n) is 6.17. The number of aromatic nitrogens is 2. The van der Waals surface area contributed by atoms with Crippen molar-refractivity contribution in [3.63, 3.8) is 0 Å². The maximum Gasteiger partial charge on any atom is 0.246 e. The topological polar surface area (TPSA) is 105 Å². The summed E-state index contributed by atoms with van der Waals surface area (Å²) in [6.45, 7) is 1.52. The minimum Gasteiger partial charge on any atom is -0.345 e. The highest BCUT2D eigenvalue weighted by Gasteiger charge is 2.29. The monoisotopic (exact) mass is 400 g/mol. The Labute approximate surface area is 163 Å². The summed E-state index contributed by atoms with van der Waals surface area (Å²) in [4.78, 5) is 16.8. The van der Waals surface area contributed by atoms with E-state index in [2.05, 4.69) is 15.5 Å². The molecule has 1 N–H and O–H groups in total. The standard InChI is InChI=1S/C19H20N4O4S/c1-14(23(28(2,25)26)16-11-7-4-8-12-16)19(24)20-13-17-21-18(22-27-17)15-9-5-3-6-10-15/h3-12,14H,13H2,1-2H3,(H,20,24)/t14-/m0/s1. The van der Waals surface area contributed by atoms with Gasteiger partial charge in [-0.25, -0.2) is 8.42 Å². The fourth-order valence-corrected chi connectivity index (χ4v) is 3.90. The highest BCUT2D eigenvalue weighted by molar-refractivity contribution is 7.92. The van der Waals surface area contributed by atoms with E-state index in [-0.39, 0.29) is 12.4 Å². The molecule has 0 spiro atoms. The van der Waals surface area contributed by atoms with Gasteiger partial charge in [0.1, 0.15) is 6.04 Å². The lowest BCUT2D eigenvalue weighted by molar-refractivity contribution is -0.122. The van der Waals surface area contributed by atoms with Crippen LogP contribution in [0.2, 0.25) is 0 Å². The van der Waals surface area contributed by atoms with Gasteiger partial charge in [-0.05, 0) is 19.1 Å².